The number of aromatic nitrogens is 2. The zero-order valence-electron chi connectivity index (χ0n) is 10.7. The summed E-state index contributed by atoms with van der Waals surface area (Å²) < 4.78 is 0. The highest BCUT2D eigenvalue weighted by molar-refractivity contribution is 6.29. The molecule has 5 nitrogen and oxygen atoms in total. The maximum atomic E-state index is 11.3. The minimum Gasteiger partial charge on any atom is -0.364 e. The van der Waals surface area contributed by atoms with Crippen molar-refractivity contribution < 1.29 is 4.79 Å². The SMILES string of the molecule is N#Cc1cc(-c2ccc(Cl)nc2)c2[nH]c(C(N)=O)cc2c1. The second kappa shape index (κ2) is 4.93. The molecule has 3 rings (SSSR count). The van der Waals surface area contributed by atoms with Crippen molar-refractivity contribution in [2.75, 3.05) is 0 Å². The summed E-state index contributed by atoms with van der Waals surface area (Å²) in [5.74, 6) is -0.551. The number of nitrogens with zero attached hydrogens (tertiary/aromatic N) is 2. The second-order valence-electron chi connectivity index (χ2n) is 4.52. The van der Waals surface area contributed by atoms with E-state index >= 15 is 0 Å². The lowest BCUT2D eigenvalue weighted by molar-refractivity contribution is 0.0996. The highest BCUT2D eigenvalue weighted by Crippen LogP contribution is 2.30. The van der Waals surface area contributed by atoms with Crippen molar-refractivity contribution in [2.45, 2.75) is 0 Å². The van der Waals surface area contributed by atoms with Gasteiger partial charge in [0.1, 0.15) is 10.8 Å². The van der Waals surface area contributed by atoms with Crippen LogP contribution in [0, 0.1) is 11.3 Å². The van der Waals surface area contributed by atoms with Gasteiger partial charge >= 0.3 is 0 Å². The van der Waals surface area contributed by atoms with Gasteiger partial charge in [-0.1, -0.05) is 11.6 Å². The first kappa shape index (κ1) is 13.2. The van der Waals surface area contributed by atoms with Gasteiger partial charge in [0.05, 0.1) is 17.1 Å². The Bertz CT molecular complexity index is 890. The fourth-order valence-electron chi connectivity index (χ4n) is 2.20. The van der Waals surface area contributed by atoms with E-state index in [0.717, 1.165) is 22.0 Å². The van der Waals surface area contributed by atoms with Crippen LogP contribution in [0.15, 0.2) is 36.5 Å². The van der Waals surface area contributed by atoms with Gasteiger partial charge in [0.15, 0.2) is 0 Å². The van der Waals surface area contributed by atoms with Gasteiger partial charge in [0.2, 0.25) is 0 Å². The molecule has 0 saturated heterocycles. The molecule has 0 saturated carbocycles. The number of nitrogens with two attached hydrogens (primary N) is 1. The number of nitrogens with one attached hydrogen (secondary N) is 1. The third-order valence-corrected chi connectivity index (χ3v) is 3.38. The molecule has 0 unspecified atom stereocenters. The predicted molar refractivity (Wildman–Crippen MR) is 79.8 cm³/mol. The van der Waals surface area contributed by atoms with Gasteiger partial charge in [-0.05, 0) is 30.3 Å². The quantitative estimate of drug-likeness (QED) is 0.712. The molecule has 0 aliphatic heterocycles. The summed E-state index contributed by atoms with van der Waals surface area (Å²) in [5, 5.41) is 10.3. The molecule has 0 radical (unpaired) electrons. The van der Waals surface area contributed by atoms with Crippen molar-refractivity contribution in [3.63, 3.8) is 0 Å². The van der Waals surface area contributed by atoms with Crippen LogP contribution < -0.4 is 5.73 Å². The molecule has 3 N–H and O–H groups in total. The number of pyridine rings is 1. The molecule has 0 atom stereocenters. The molecule has 3 aromatic rings. The first-order chi connectivity index (χ1) is 10.1. The summed E-state index contributed by atoms with van der Waals surface area (Å²) in [6, 6.07) is 10.6. The van der Waals surface area contributed by atoms with E-state index in [1.807, 2.05) is 0 Å². The topological polar surface area (TPSA) is 95.6 Å². The number of aromatic amines is 1. The van der Waals surface area contributed by atoms with Crippen molar-refractivity contribution in [1.82, 2.24) is 9.97 Å². The number of fused-ring (bicyclic) bond motifs is 1. The molecule has 2 aromatic heterocycles. The molecule has 0 aliphatic carbocycles. The number of rotatable bonds is 2. The molecule has 0 spiro atoms. The van der Waals surface area contributed by atoms with Crippen molar-refractivity contribution in [3.05, 3.63) is 52.9 Å². The van der Waals surface area contributed by atoms with Gasteiger partial charge in [-0.25, -0.2) is 4.98 Å². The summed E-state index contributed by atoms with van der Waals surface area (Å²) in [6.45, 7) is 0. The van der Waals surface area contributed by atoms with Crippen molar-refractivity contribution in [3.8, 4) is 17.2 Å². The first-order valence-corrected chi connectivity index (χ1v) is 6.45. The average Bonchev–Trinajstić information content (AvgIpc) is 2.91. The van der Waals surface area contributed by atoms with Crippen LogP contribution in [0.3, 0.4) is 0 Å². The Morgan fingerprint density at radius 1 is 1.33 bits per heavy atom. The Morgan fingerprint density at radius 2 is 2.14 bits per heavy atom. The van der Waals surface area contributed by atoms with Gasteiger partial charge in [-0.3, -0.25) is 4.79 Å². The number of carbonyl (C=O) groups excluding carboxylic acids is 1. The number of hydrogen-bond acceptors (Lipinski definition) is 3. The molecule has 2 heterocycles. The van der Waals surface area contributed by atoms with Crippen LogP contribution in [0.5, 0.6) is 0 Å². The zero-order valence-corrected chi connectivity index (χ0v) is 11.5. The average molecular weight is 297 g/mol. The highest BCUT2D eigenvalue weighted by atomic mass is 35.5. The van der Waals surface area contributed by atoms with E-state index in [0.29, 0.717) is 16.4 Å². The number of benzene rings is 1. The van der Waals surface area contributed by atoms with Crippen LogP contribution in [0.1, 0.15) is 16.1 Å². The molecular weight excluding hydrogens is 288 g/mol. The first-order valence-electron chi connectivity index (χ1n) is 6.07. The van der Waals surface area contributed by atoms with E-state index in [9.17, 15) is 4.79 Å². The van der Waals surface area contributed by atoms with E-state index in [1.54, 1.807) is 36.5 Å². The van der Waals surface area contributed by atoms with E-state index < -0.39 is 5.91 Å². The smallest absolute Gasteiger partial charge is 0.265 e. The molecule has 0 aliphatic rings. The lowest BCUT2D eigenvalue weighted by Crippen LogP contribution is -2.10. The molecule has 6 heteroatoms. The summed E-state index contributed by atoms with van der Waals surface area (Å²) in [4.78, 5) is 18.3. The van der Waals surface area contributed by atoms with Crippen LogP contribution >= 0.6 is 11.6 Å². The number of H-pyrrole nitrogens is 1. The van der Waals surface area contributed by atoms with Crippen LogP contribution in [0.25, 0.3) is 22.0 Å². The lowest BCUT2D eigenvalue weighted by atomic mass is 10.0. The molecule has 21 heavy (non-hydrogen) atoms. The Hall–Kier alpha value is -2.84. The summed E-state index contributed by atoms with van der Waals surface area (Å²) in [6.07, 6.45) is 1.61. The molecular formula is C15H9ClN4O. The number of amides is 1. The van der Waals surface area contributed by atoms with Crippen molar-refractivity contribution in [2.24, 2.45) is 5.73 Å². The molecule has 0 fully saturated rings. The van der Waals surface area contributed by atoms with Gasteiger partial charge in [0.25, 0.3) is 5.91 Å². The van der Waals surface area contributed by atoms with Gasteiger partial charge < -0.3 is 10.7 Å². The monoisotopic (exact) mass is 296 g/mol. The van der Waals surface area contributed by atoms with E-state index in [-0.39, 0.29) is 0 Å². The summed E-state index contributed by atoms with van der Waals surface area (Å²) >= 11 is 5.79. The maximum absolute atomic E-state index is 11.3. The van der Waals surface area contributed by atoms with Crippen LogP contribution in [0.2, 0.25) is 5.15 Å². The third-order valence-electron chi connectivity index (χ3n) is 3.16. The molecule has 0 bridgehead atoms. The highest BCUT2D eigenvalue weighted by Gasteiger charge is 2.12. The van der Waals surface area contributed by atoms with E-state index in [2.05, 4.69) is 16.0 Å². The standard InChI is InChI=1S/C15H9ClN4O/c16-13-2-1-9(7-19-13)11-4-8(6-17)3-10-5-12(15(18)21)20-14(10)11/h1-5,7,20H,(H2,18,21). The second-order valence-corrected chi connectivity index (χ2v) is 4.90. The molecule has 102 valence electrons. The summed E-state index contributed by atoms with van der Waals surface area (Å²) in [7, 11) is 0. The van der Waals surface area contributed by atoms with Crippen molar-refractivity contribution >= 4 is 28.4 Å². The Balaban J connectivity index is 2.31. The molecule has 1 aromatic carbocycles. The lowest BCUT2D eigenvalue weighted by Gasteiger charge is -2.04. The number of carbonyl (C=O) groups is 1. The molecule has 1 amide bonds. The van der Waals surface area contributed by atoms with Crippen LogP contribution in [-0.4, -0.2) is 15.9 Å². The van der Waals surface area contributed by atoms with E-state index in [1.165, 1.54) is 0 Å². The van der Waals surface area contributed by atoms with Crippen LogP contribution in [-0.2, 0) is 0 Å². The number of hydrogen-bond donors (Lipinski definition) is 2. The largest absolute Gasteiger partial charge is 0.364 e. The van der Waals surface area contributed by atoms with Gasteiger partial charge in [-0.2, -0.15) is 5.26 Å². The Morgan fingerprint density at radius 3 is 2.76 bits per heavy atom. The van der Waals surface area contributed by atoms with Crippen LogP contribution in [0.4, 0.5) is 0 Å². The Labute approximate surface area is 125 Å². The van der Waals surface area contributed by atoms with Gasteiger partial charge in [0, 0.05) is 22.7 Å². The Kier molecular flexibility index (Phi) is 3.09. The van der Waals surface area contributed by atoms with Crippen molar-refractivity contribution in [1.29, 1.82) is 5.26 Å². The minimum atomic E-state index is -0.551. The van der Waals surface area contributed by atoms with E-state index in [4.69, 9.17) is 22.6 Å². The minimum absolute atomic E-state index is 0.295. The zero-order chi connectivity index (χ0) is 15.0. The number of primary amides is 1. The maximum Gasteiger partial charge on any atom is 0.265 e. The summed E-state index contributed by atoms with van der Waals surface area (Å²) in [5.41, 5.74) is 8.36. The van der Waals surface area contributed by atoms with Gasteiger partial charge in [-0.15, -0.1) is 0 Å². The fraction of sp³-hybridized carbons (Fsp3) is 0. The third kappa shape index (κ3) is 2.33. The fourth-order valence-corrected chi connectivity index (χ4v) is 2.32. The predicted octanol–water partition coefficient (Wildman–Crippen LogP) is 2.85. The number of halogens is 1. The number of nitriles is 1. The normalized spacial score (nSPS) is 10.5.